The summed E-state index contributed by atoms with van der Waals surface area (Å²) >= 11 is 1.55. The van der Waals surface area contributed by atoms with Crippen molar-refractivity contribution in [3.8, 4) is 5.75 Å². The van der Waals surface area contributed by atoms with Crippen molar-refractivity contribution in [2.45, 2.75) is 32.1 Å². The maximum absolute atomic E-state index is 13.2. The van der Waals surface area contributed by atoms with E-state index in [-0.39, 0.29) is 12.2 Å². The van der Waals surface area contributed by atoms with Crippen LogP contribution in [0.15, 0.2) is 42.5 Å². The monoisotopic (exact) mass is 395 g/mol. The number of aliphatic carboxylic acids is 1. The minimum absolute atomic E-state index is 0.0114. The van der Waals surface area contributed by atoms with Crippen molar-refractivity contribution in [2.24, 2.45) is 5.41 Å². The third-order valence-corrected chi connectivity index (χ3v) is 6.55. The summed E-state index contributed by atoms with van der Waals surface area (Å²) in [7, 11) is 1.62. The first-order valence-corrected chi connectivity index (χ1v) is 10.1. The van der Waals surface area contributed by atoms with Gasteiger partial charge in [0.2, 0.25) is 0 Å². The number of carboxylic acids is 1. The highest BCUT2D eigenvalue weighted by Crippen LogP contribution is 2.42. The van der Waals surface area contributed by atoms with Crippen LogP contribution in [0.2, 0.25) is 0 Å². The number of ketones is 1. The number of nitrogens with zero attached hydrogens (tertiary/aromatic N) is 1. The molecule has 0 unspecified atom stereocenters. The molecule has 0 aliphatic heterocycles. The number of aromatic nitrogens is 1. The number of Topliss-reactive ketones (excluding diaryl/α,β-unsaturated/α-hetero) is 1. The molecule has 1 aliphatic carbocycles. The van der Waals surface area contributed by atoms with Gasteiger partial charge in [-0.1, -0.05) is 30.3 Å². The molecule has 5 nitrogen and oxygen atoms in total. The highest BCUT2D eigenvalue weighted by atomic mass is 32.1. The molecule has 1 heterocycles. The number of carbonyl (C=O) groups excluding carboxylic acids is 1. The minimum atomic E-state index is -0.925. The third-order valence-electron chi connectivity index (χ3n) is 5.47. The van der Waals surface area contributed by atoms with Crippen molar-refractivity contribution in [3.05, 3.63) is 58.6 Å². The standard InChI is InChI=1S/C22H21NO4S/c1-27-16-7-4-8-17-21(16)23-19(28-17)10-9-18(24)22(13-20(25)26)11-14-5-2-3-6-15(14)12-22/h2-8H,9-13H2,1H3,(H,25,26). The average Bonchev–Trinajstić information content (AvgIpc) is 3.26. The smallest absolute Gasteiger partial charge is 0.304 e. The van der Waals surface area contributed by atoms with Gasteiger partial charge in [-0.05, 0) is 36.1 Å². The van der Waals surface area contributed by atoms with E-state index in [1.807, 2.05) is 42.5 Å². The molecule has 0 saturated heterocycles. The van der Waals surface area contributed by atoms with E-state index < -0.39 is 11.4 Å². The molecule has 0 radical (unpaired) electrons. The van der Waals surface area contributed by atoms with Crippen LogP contribution < -0.4 is 4.74 Å². The number of carboxylic acid groups (broad SMARTS) is 1. The molecule has 0 amide bonds. The first kappa shape index (κ1) is 18.6. The molecule has 144 valence electrons. The summed E-state index contributed by atoms with van der Waals surface area (Å²) in [6, 6.07) is 13.6. The van der Waals surface area contributed by atoms with Gasteiger partial charge in [-0.25, -0.2) is 4.98 Å². The van der Waals surface area contributed by atoms with E-state index in [4.69, 9.17) is 4.74 Å². The van der Waals surface area contributed by atoms with Gasteiger partial charge in [0.15, 0.2) is 0 Å². The van der Waals surface area contributed by atoms with Crippen molar-refractivity contribution >= 4 is 33.3 Å². The average molecular weight is 395 g/mol. The summed E-state index contributed by atoms with van der Waals surface area (Å²) in [6.07, 6.45) is 1.68. The summed E-state index contributed by atoms with van der Waals surface area (Å²) in [5, 5.41) is 10.3. The van der Waals surface area contributed by atoms with E-state index in [0.717, 1.165) is 32.1 Å². The van der Waals surface area contributed by atoms with E-state index >= 15 is 0 Å². The molecule has 1 aromatic heterocycles. The first-order valence-electron chi connectivity index (χ1n) is 9.25. The normalized spacial score (nSPS) is 14.8. The highest BCUT2D eigenvalue weighted by molar-refractivity contribution is 7.18. The minimum Gasteiger partial charge on any atom is -0.494 e. The zero-order valence-corrected chi connectivity index (χ0v) is 16.4. The van der Waals surface area contributed by atoms with Crippen LogP contribution in [0.3, 0.4) is 0 Å². The second kappa shape index (κ2) is 7.36. The van der Waals surface area contributed by atoms with E-state index in [0.29, 0.717) is 25.7 Å². The number of thiazole rings is 1. The fourth-order valence-corrected chi connectivity index (χ4v) is 5.12. The van der Waals surface area contributed by atoms with Gasteiger partial charge in [-0.3, -0.25) is 9.59 Å². The van der Waals surface area contributed by atoms with E-state index in [1.165, 1.54) is 0 Å². The van der Waals surface area contributed by atoms with Crippen LogP contribution in [0.4, 0.5) is 0 Å². The Balaban J connectivity index is 1.54. The number of aryl methyl sites for hydroxylation is 1. The largest absolute Gasteiger partial charge is 0.494 e. The Morgan fingerprint density at radius 2 is 1.86 bits per heavy atom. The maximum atomic E-state index is 13.2. The molecular weight excluding hydrogens is 374 g/mol. The van der Waals surface area contributed by atoms with Crippen LogP contribution >= 0.6 is 11.3 Å². The molecule has 1 aliphatic rings. The number of hydrogen-bond donors (Lipinski definition) is 1. The number of methoxy groups -OCH3 is 1. The maximum Gasteiger partial charge on any atom is 0.304 e. The van der Waals surface area contributed by atoms with Crippen LogP contribution in [-0.2, 0) is 28.9 Å². The molecule has 2 aromatic carbocycles. The van der Waals surface area contributed by atoms with E-state index in [9.17, 15) is 14.7 Å². The second-order valence-corrected chi connectivity index (χ2v) is 8.43. The molecule has 0 fully saturated rings. The van der Waals surface area contributed by atoms with E-state index in [2.05, 4.69) is 4.98 Å². The van der Waals surface area contributed by atoms with Crippen LogP contribution in [-0.4, -0.2) is 29.0 Å². The fraction of sp³-hybridized carbons (Fsp3) is 0.318. The third kappa shape index (κ3) is 3.40. The Hall–Kier alpha value is -2.73. The Labute approximate surface area is 167 Å². The molecule has 0 atom stereocenters. The lowest BCUT2D eigenvalue weighted by Crippen LogP contribution is -2.35. The predicted molar refractivity (Wildman–Crippen MR) is 108 cm³/mol. The zero-order valence-electron chi connectivity index (χ0n) is 15.6. The summed E-state index contributed by atoms with van der Waals surface area (Å²) in [6.45, 7) is 0. The Morgan fingerprint density at radius 1 is 1.14 bits per heavy atom. The zero-order chi connectivity index (χ0) is 19.7. The molecule has 0 saturated carbocycles. The lowest BCUT2D eigenvalue weighted by Gasteiger charge is -2.25. The number of para-hydroxylation sites is 1. The van der Waals surface area contributed by atoms with Crippen LogP contribution in [0.25, 0.3) is 10.2 Å². The van der Waals surface area contributed by atoms with Gasteiger partial charge < -0.3 is 9.84 Å². The first-order chi connectivity index (χ1) is 13.5. The van der Waals surface area contributed by atoms with Crippen molar-refractivity contribution < 1.29 is 19.4 Å². The van der Waals surface area contributed by atoms with Gasteiger partial charge in [-0.15, -0.1) is 11.3 Å². The number of benzene rings is 2. The van der Waals surface area contributed by atoms with Crippen molar-refractivity contribution in [2.75, 3.05) is 7.11 Å². The molecule has 4 rings (SSSR count). The van der Waals surface area contributed by atoms with Crippen molar-refractivity contribution in [1.29, 1.82) is 0 Å². The molecule has 3 aromatic rings. The van der Waals surface area contributed by atoms with E-state index in [1.54, 1.807) is 18.4 Å². The molecule has 6 heteroatoms. The van der Waals surface area contributed by atoms with Gasteiger partial charge in [-0.2, -0.15) is 0 Å². The van der Waals surface area contributed by atoms with Crippen LogP contribution in [0.5, 0.6) is 5.75 Å². The lowest BCUT2D eigenvalue weighted by molar-refractivity contribution is -0.144. The summed E-state index contributed by atoms with van der Waals surface area (Å²) < 4.78 is 6.38. The van der Waals surface area contributed by atoms with Crippen molar-refractivity contribution in [1.82, 2.24) is 4.98 Å². The lowest BCUT2D eigenvalue weighted by atomic mass is 9.76. The van der Waals surface area contributed by atoms with Gasteiger partial charge in [0.25, 0.3) is 0 Å². The van der Waals surface area contributed by atoms with Gasteiger partial charge in [0.05, 0.1) is 23.2 Å². The summed E-state index contributed by atoms with van der Waals surface area (Å²) in [5.41, 5.74) is 2.14. The summed E-state index contributed by atoms with van der Waals surface area (Å²) in [5.74, 6) is -0.192. The Bertz CT molecular complexity index is 1030. The molecule has 0 bridgehead atoms. The Kier molecular flexibility index (Phi) is 4.89. The quantitative estimate of drug-likeness (QED) is 0.653. The highest BCUT2D eigenvalue weighted by Gasteiger charge is 2.44. The Morgan fingerprint density at radius 3 is 2.50 bits per heavy atom. The van der Waals surface area contributed by atoms with Crippen LogP contribution in [0.1, 0.15) is 29.0 Å². The van der Waals surface area contributed by atoms with Crippen LogP contribution in [0, 0.1) is 5.41 Å². The number of fused-ring (bicyclic) bond motifs is 2. The molecule has 28 heavy (non-hydrogen) atoms. The SMILES string of the molecule is COc1cccc2sc(CCC(=O)C3(CC(=O)O)Cc4ccccc4C3)nc12. The van der Waals surface area contributed by atoms with Gasteiger partial charge in [0, 0.05) is 18.3 Å². The van der Waals surface area contributed by atoms with Gasteiger partial charge >= 0.3 is 5.97 Å². The predicted octanol–water partition coefficient (Wildman–Crippen LogP) is 4.07. The summed E-state index contributed by atoms with van der Waals surface area (Å²) in [4.78, 5) is 29.3. The molecule has 1 N–H and O–H groups in total. The second-order valence-electron chi connectivity index (χ2n) is 7.31. The van der Waals surface area contributed by atoms with Crippen molar-refractivity contribution in [3.63, 3.8) is 0 Å². The number of carbonyl (C=O) groups is 2. The molecular formula is C22H21NO4S. The fourth-order valence-electron chi connectivity index (χ4n) is 4.13. The topological polar surface area (TPSA) is 76.5 Å². The number of rotatable bonds is 7. The number of ether oxygens (including phenoxy) is 1. The van der Waals surface area contributed by atoms with Gasteiger partial charge in [0.1, 0.15) is 17.0 Å². The number of hydrogen-bond acceptors (Lipinski definition) is 5. The molecule has 0 spiro atoms.